The normalized spacial score (nSPS) is 13.3. The Kier molecular flexibility index (Phi) is 6.55. The van der Waals surface area contributed by atoms with Crippen molar-refractivity contribution in [2.75, 3.05) is 5.32 Å². The van der Waals surface area contributed by atoms with Crippen molar-refractivity contribution in [3.05, 3.63) is 24.3 Å². The number of para-hydroxylation sites is 1. The first-order valence-electron chi connectivity index (χ1n) is 6.53. The second-order valence-corrected chi connectivity index (χ2v) is 5.69. The number of hydrogen-bond acceptors (Lipinski definition) is 2. The van der Waals surface area contributed by atoms with Crippen molar-refractivity contribution in [3.8, 4) is 0 Å². The van der Waals surface area contributed by atoms with E-state index in [-0.39, 0.29) is 22.7 Å². The first-order valence-corrected chi connectivity index (χ1v) is 7.35. The lowest BCUT2D eigenvalue weighted by atomic mass is 10.1. The highest BCUT2D eigenvalue weighted by molar-refractivity contribution is 8.00. The largest absolute Gasteiger partial charge is 0.446 e. The fraction of sp³-hybridized carbons (Fsp3) is 0.571. The van der Waals surface area contributed by atoms with Gasteiger partial charge < -0.3 is 5.32 Å². The van der Waals surface area contributed by atoms with Crippen LogP contribution in [0.15, 0.2) is 29.2 Å². The van der Waals surface area contributed by atoms with Crippen LogP contribution < -0.4 is 5.32 Å². The van der Waals surface area contributed by atoms with Crippen LogP contribution in [0, 0.1) is 0 Å². The summed E-state index contributed by atoms with van der Waals surface area (Å²) in [6.07, 6.45) is 4.37. The summed E-state index contributed by atoms with van der Waals surface area (Å²) in [4.78, 5) is 0.234. The van der Waals surface area contributed by atoms with Crippen molar-refractivity contribution in [2.45, 2.75) is 56.0 Å². The lowest BCUT2D eigenvalue weighted by molar-refractivity contribution is -0.0327. The molecule has 1 aromatic carbocycles. The van der Waals surface area contributed by atoms with Gasteiger partial charge in [0.15, 0.2) is 0 Å². The van der Waals surface area contributed by atoms with Crippen molar-refractivity contribution in [2.24, 2.45) is 0 Å². The predicted molar refractivity (Wildman–Crippen MR) is 75.6 cm³/mol. The molecule has 0 aliphatic rings. The van der Waals surface area contributed by atoms with E-state index in [1.165, 1.54) is 6.07 Å². The average Bonchev–Trinajstić information content (AvgIpc) is 2.30. The summed E-state index contributed by atoms with van der Waals surface area (Å²) in [6, 6.07) is 6.76. The van der Waals surface area contributed by atoms with Gasteiger partial charge in [-0.3, -0.25) is 0 Å². The first-order chi connectivity index (χ1) is 8.92. The van der Waals surface area contributed by atoms with E-state index >= 15 is 0 Å². The Morgan fingerprint density at radius 2 is 1.89 bits per heavy atom. The molecule has 1 unspecified atom stereocenters. The Morgan fingerprint density at radius 3 is 2.53 bits per heavy atom. The third-order valence-electron chi connectivity index (χ3n) is 2.76. The third-order valence-corrected chi connectivity index (χ3v) is 3.56. The quantitative estimate of drug-likeness (QED) is 0.512. The van der Waals surface area contributed by atoms with Crippen molar-refractivity contribution in [3.63, 3.8) is 0 Å². The molecule has 1 atom stereocenters. The van der Waals surface area contributed by atoms with Gasteiger partial charge in [0.1, 0.15) is 0 Å². The van der Waals surface area contributed by atoms with Gasteiger partial charge in [0.2, 0.25) is 0 Å². The number of halogens is 3. The molecule has 108 valence electrons. The number of alkyl halides is 3. The van der Waals surface area contributed by atoms with Crippen LogP contribution in [0.1, 0.15) is 39.5 Å². The van der Waals surface area contributed by atoms with Gasteiger partial charge in [0.05, 0.1) is 0 Å². The predicted octanol–water partition coefficient (Wildman–Crippen LogP) is 5.68. The molecule has 0 heterocycles. The Balaban J connectivity index is 2.62. The van der Waals surface area contributed by atoms with Crippen molar-refractivity contribution >= 4 is 17.4 Å². The van der Waals surface area contributed by atoms with Gasteiger partial charge in [0, 0.05) is 16.6 Å². The van der Waals surface area contributed by atoms with Crippen LogP contribution >= 0.6 is 11.8 Å². The molecule has 0 saturated carbocycles. The third kappa shape index (κ3) is 6.76. The van der Waals surface area contributed by atoms with E-state index in [1.54, 1.807) is 18.2 Å². The topological polar surface area (TPSA) is 12.0 Å². The summed E-state index contributed by atoms with van der Waals surface area (Å²) in [5.74, 6) is 0. The van der Waals surface area contributed by atoms with Gasteiger partial charge in [0.25, 0.3) is 0 Å². The molecular weight excluding hydrogens is 271 g/mol. The van der Waals surface area contributed by atoms with Crippen molar-refractivity contribution in [1.82, 2.24) is 0 Å². The van der Waals surface area contributed by atoms with E-state index in [1.807, 2.05) is 6.92 Å². The summed E-state index contributed by atoms with van der Waals surface area (Å²) in [5.41, 5.74) is -3.68. The number of anilines is 1. The zero-order valence-electron chi connectivity index (χ0n) is 11.3. The maximum absolute atomic E-state index is 12.4. The summed E-state index contributed by atoms with van der Waals surface area (Å²) in [5, 5.41) is 3.17. The lowest BCUT2D eigenvalue weighted by Crippen LogP contribution is -2.15. The molecule has 1 N–H and O–H groups in total. The van der Waals surface area contributed by atoms with E-state index in [2.05, 4.69) is 12.2 Å². The Hall–Kier alpha value is -0.840. The van der Waals surface area contributed by atoms with E-state index in [9.17, 15) is 13.2 Å². The summed E-state index contributed by atoms with van der Waals surface area (Å²) >= 11 is -0.0648. The summed E-state index contributed by atoms with van der Waals surface area (Å²) < 4.78 is 37.3. The molecule has 0 radical (unpaired) electrons. The summed E-state index contributed by atoms with van der Waals surface area (Å²) in [6.45, 7) is 4.14. The van der Waals surface area contributed by atoms with E-state index in [4.69, 9.17) is 0 Å². The van der Waals surface area contributed by atoms with Gasteiger partial charge in [-0.05, 0) is 37.2 Å². The standard InChI is InChI=1S/C14H20F3NS/c1-3-4-5-8-11(2)18-12-9-6-7-10-13(12)19-14(15,16)17/h6-7,9-11,18H,3-5,8H2,1-2H3. The Labute approximate surface area is 117 Å². The molecule has 0 aromatic heterocycles. The van der Waals surface area contributed by atoms with E-state index in [0.29, 0.717) is 5.69 Å². The van der Waals surface area contributed by atoms with Crippen LogP contribution in [-0.4, -0.2) is 11.6 Å². The number of unbranched alkanes of at least 4 members (excludes halogenated alkanes) is 2. The minimum Gasteiger partial charge on any atom is -0.382 e. The molecule has 5 heteroatoms. The Morgan fingerprint density at radius 1 is 1.21 bits per heavy atom. The minimum absolute atomic E-state index is 0.0648. The number of hydrogen-bond donors (Lipinski definition) is 1. The van der Waals surface area contributed by atoms with Crippen LogP contribution in [0.3, 0.4) is 0 Å². The molecule has 0 saturated heterocycles. The van der Waals surface area contributed by atoms with Crippen LogP contribution in [0.4, 0.5) is 18.9 Å². The zero-order chi connectivity index (χ0) is 14.3. The summed E-state index contributed by atoms with van der Waals surface area (Å²) in [7, 11) is 0. The zero-order valence-corrected chi connectivity index (χ0v) is 12.1. The fourth-order valence-corrected chi connectivity index (χ4v) is 2.47. The fourth-order valence-electron chi connectivity index (χ4n) is 1.84. The van der Waals surface area contributed by atoms with Gasteiger partial charge in [-0.2, -0.15) is 13.2 Å². The highest BCUT2D eigenvalue weighted by Crippen LogP contribution is 2.40. The SMILES string of the molecule is CCCCCC(C)Nc1ccccc1SC(F)(F)F. The highest BCUT2D eigenvalue weighted by Gasteiger charge is 2.30. The monoisotopic (exact) mass is 291 g/mol. The van der Waals surface area contributed by atoms with E-state index < -0.39 is 5.51 Å². The minimum atomic E-state index is -4.25. The molecule has 0 aliphatic carbocycles. The number of benzene rings is 1. The molecule has 19 heavy (non-hydrogen) atoms. The highest BCUT2D eigenvalue weighted by atomic mass is 32.2. The maximum atomic E-state index is 12.4. The molecule has 0 amide bonds. The number of nitrogens with one attached hydrogen (secondary N) is 1. The molecule has 0 aliphatic heterocycles. The van der Waals surface area contributed by atoms with Crippen LogP contribution in [0.5, 0.6) is 0 Å². The smallest absolute Gasteiger partial charge is 0.382 e. The Bertz CT molecular complexity index is 379. The van der Waals surface area contributed by atoms with Crippen LogP contribution in [0.2, 0.25) is 0 Å². The van der Waals surface area contributed by atoms with Crippen molar-refractivity contribution in [1.29, 1.82) is 0 Å². The van der Waals surface area contributed by atoms with Crippen LogP contribution in [0.25, 0.3) is 0 Å². The molecule has 1 aromatic rings. The molecule has 1 rings (SSSR count). The first kappa shape index (κ1) is 16.2. The lowest BCUT2D eigenvalue weighted by Gasteiger charge is -2.18. The van der Waals surface area contributed by atoms with Crippen LogP contribution in [-0.2, 0) is 0 Å². The van der Waals surface area contributed by atoms with Gasteiger partial charge in [-0.15, -0.1) is 0 Å². The second kappa shape index (κ2) is 7.68. The maximum Gasteiger partial charge on any atom is 0.446 e. The molecule has 0 bridgehead atoms. The van der Waals surface area contributed by atoms with Gasteiger partial charge >= 0.3 is 5.51 Å². The number of rotatable bonds is 7. The molecule has 0 spiro atoms. The molecule has 1 nitrogen and oxygen atoms in total. The van der Waals surface area contributed by atoms with Crippen molar-refractivity contribution < 1.29 is 13.2 Å². The van der Waals surface area contributed by atoms with Gasteiger partial charge in [-0.25, -0.2) is 0 Å². The molecular formula is C14H20F3NS. The molecule has 0 fully saturated rings. The van der Waals surface area contributed by atoms with Gasteiger partial charge in [-0.1, -0.05) is 38.3 Å². The van der Waals surface area contributed by atoms with E-state index in [0.717, 1.165) is 25.7 Å². The number of thioether (sulfide) groups is 1. The second-order valence-electron chi connectivity index (χ2n) is 4.59. The average molecular weight is 291 g/mol.